The number of benzene rings is 4. The highest BCUT2D eigenvalue weighted by atomic mass is 35.5. The highest BCUT2D eigenvalue weighted by molar-refractivity contribution is 6.31. The molecular formula is C31H29ClN2O2. The normalized spacial score (nSPS) is 14.8. The van der Waals surface area contributed by atoms with Crippen molar-refractivity contribution in [2.75, 3.05) is 10.2 Å². The number of hydrogen-bond donors (Lipinski definition) is 1. The summed E-state index contributed by atoms with van der Waals surface area (Å²) in [5.41, 5.74) is 5.57. The molecule has 4 aromatic rings. The molecule has 0 fully saturated rings. The maximum atomic E-state index is 13.7. The number of unbranched alkanes of at least 4 members (excludes halogenated alkanes) is 1. The molecule has 4 nitrogen and oxygen atoms in total. The number of fused-ring (bicyclic) bond motifs is 1. The summed E-state index contributed by atoms with van der Waals surface area (Å²) in [6, 6.07) is 31.6. The van der Waals surface area contributed by atoms with Gasteiger partial charge in [-0.25, -0.2) is 0 Å². The number of halogens is 1. The molecular weight excluding hydrogens is 468 g/mol. The van der Waals surface area contributed by atoms with Crippen molar-refractivity contribution in [3.63, 3.8) is 0 Å². The van der Waals surface area contributed by atoms with Crippen LogP contribution in [0.15, 0.2) is 97.1 Å². The number of carbonyl (C=O) groups is 1. The molecule has 1 aliphatic rings. The van der Waals surface area contributed by atoms with E-state index in [0.29, 0.717) is 17.2 Å². The van der Waals surface area contributed by atoms with Crippen LogP contribution in [0.5, 0.6) is 5.75 Å². The van der Waals surface area contributed by atoms with E-state index in [2.05, 4.69) is 24.4 Å². The molecule has 5 heteroatoms. The minimum absolute atomic E-state index is 0.0188. The first-order chi connectivity index (χ1) is 17.6. The van der Waals surface area contributed by atoms with Crippen LogP contribution in [0.4, 0.5) is 11.4 Å². The zero-order valence-corrected chi connectivity index (χ0v) is 21.0. The third-order valence-electron chi connectivity index (χ3n) is 6.51. The molecule has 1 atom stereocenters. The largest absolute Gasteiger partial charge is 0.489 e. The number of ether oxygens (including phenoxy) is 1. The molecule has 4 aromatic carbocycles. The number of carbonyl (C=O) groups excluding carboxylic acids is 1. The summed E-state index contributed by atoms with van der Waals surface area (Å²) in [5, 5.41) is 4.26. The number of aryl methyl sites for hydroxylation is 1. The summed E-state index contributed by atoms with van der Waals surface area (Å²) in [6.07, 6.45) is 3.02. The Morgan fingerprint density at radius 3 is 2.36 bits per heavy atom. The number of hydrogen-bond acceptors (Lipinski definition) is 3. The van der Waals surface area contributed by atoms with Crippen molar-refractivity contribution in [1.29, 1.82) is 0 Å². The first-order valence-corrected chi connectivity index (χ1v) is 12.8. The van der Waals surface area contributed by atoms with E-state index in [4.69, 9.17) is 16.3 Å². The number of nitrogens with one attached hydrogen (secondary N) is 1. The van der Waals surface area contributed by atoms with Gasteiger partial charge in [-0.2, -0.15) is 0 Å². The maximum absolute atomic E-state index is 13.7. The van der Waals surface area contributed by atoms with Gasteiger partial charge in [0.1, 0.15) is 18.5 Å². The lowest BCUT2D eigenvalue weighted by Gasteiger charge is -2.38. The van der Waals surface area contributed by atoms with Crippen molar-refractivity contribution in [2.45, 2.75) is 39.0 Å². The van der Waals surface area contributed by atoms with Crippen LogP contribution in [0.1, 0.15) is 53.0 Å². The smallest absolute Gasteiger partial charge is 0.262 e. The summed E-state index contributed by atoms with van der Waals surface area (Å²) in [6.45, 7) is 2.59. The number of anilines is 2. The Hall–Kier alpha value is -3.76. The molecule has 0 saturated heterocycles. The molecule has 0 bridgehead atoms. The minimum atomic E-state index is -0.341. The summed E-state index contributed by atoms with van der Waals surface area (Å²) < 4.78 is 5.96. The van der Waals surface area contributed by atoms with Gasteiger partial charge in [0.2, 0.25) is 0 Å². The Morgan fingerprint density at radius 1 is 0.889 bits per heavy atom. The van der Waals surface area contributed by atoms with Crippen LogP contribution in [-0.2, 0) is 13.0 Å². The molecule has 5 rings (SSSR count). The summed E-state index contributed by atoms with van der Waals surface area (Å²) in [7, 11) is 0. The van der Waals surface area contributed by atoms with E-state index in [9.17, 15) is 4.79 Å². The average Bonchev–Trinajstić information content (AvgIpc) is 2.92. The number of rotatable bonds is 8. The van der Waals surface area contributed by atoms with Crippen molar-refractivity contribution in [3.05, 3.63) is 124 Å². The maximum Gasteiger partial charge on any atom is 0.262 e. The van der Waals surface area contributed by atoms with E-state index in [1.54, 1.807) is 0 Å². The summed E-state index contributed by atoms with van der Waals surface area (Å²) in [5.74, 6) is 0.725. The van der Waals surface area contributed by atoms with Gasteiger partial charge < -0.3 is 10.1 Å². The molecule has 0 spiro atoms. The molecule has 1 N–H and O–H groups in total. The Morgan fingerprint density at radius 2 is 1.61 bits per heavy atom. The van der Waals surface area contributed by atoms with Crippen LogP contribution in [0.25, 0.3) is 0 Å². The van der Waals surface area contributed by atoms with Crippen LogP contribution < -0.4 is 15.0 Å². The van der Waals surface area contributed by atoms with Crippen molar-refractivity contribution in [3.8, 4) is 5.75 Å². The average molecular weight is 497 g/mol. The fourth-order valence-electron chi connectivity index (χ4n) is 4.48. The van der Waals surface area contributed by atoms with E-state index >= 15 is 0 Å². The van der Waals surface area contributed by atoms with Gasteiger partial charge in [-0.05, 0) is 66.4 Å². The van der Waals surface area contributed by atoms with Gasteiger partial charge in [0.25, 0.3) is 5.91 Å². The van der Waals surface area contributed by atoms with Crippen molar-refractivity contribution in [2.24, 2.45) is 0 Å². The molecule has 0 saturated carbocycles. The monoisotopic (exact) mass is 496 g/mol. The Bertz CT molecular complexity index is 1340. The van der Waals surface area contributed by atoms with E-state index in [0.717, 1.165) is 47.5 Å². The van der Waals surface area contributed by atoms with Gasteiger partial charge in [-0.1, -0.05) is 79.5 Å². The molecule has 0 aliphatic carbocycles. The number of para-hydroxylation sites is 1. The zero-order valence-electron chi connectivity index (χ0n) is 20.3. The molecule has 1 heterocycles. The Labute approximate surface area is 217 Å². The van der Waals surface area contributed by atoms with Gasteiger partial charge in [-0.15, -0.1) is 0 Å². The fourth-order valence-corrected chi connectivity index (χ4v) is 4.67. The lowest BCUT2D eigenvalue weighted by molar-refractivity contribution is 0.0975. The van der Waals surface area contributed by atoms with Gasteiger partial charge in [-0.3, -0.25) is 9.69 Å². The topological polar surface area (TPSA) is 41.6 Å². The van der Waals surface area contributed by atoms with Crippen LogP contribution in [-0.4, -0.2) is 5.91 Å². The van der Waals surface area contributed by atoms with Crippen LogP contribution in [0, 0.1) is 0 Å². The predicted octanol–water partition coefficient (Wildman–Crippen LogP) is 8.03. The molecule has 36 heavy (non-hydrogen) atoms. The minimum Gasteiger partial charge on any atom is -0.489 e. The Kier molecular flexibility index (Phi) is 7.24. The quantitative estimate of drug-likeness (QED) is 0.268. The number of nitrogens with zero attached hydrogens (tertiary/aromatic N) is 1. The Balaban J connectivity index is 1.41. The molecule has 0 radical (unpaired) electrons. The first-order valence-electron chi connectivity index (χ1n) is 12.4. The van der Waals surface area contributed by atoms with E-state index in [-0.39, 0.29) is 12.1 Å². The highest BCUT2D eigenvalue weighted by Crippen LogP contribution is 2.37. The lowest BCUT2D eigenvalue weighted by atomic mass is 10.0. The summed E-state index contributed by atoms with van der Waals surface area (Å²) >= 11 is 6.26. The van der Waals surface area contributed by atoms with Crippen molar-refractivity contribution < 1.29 is 9.53 Å². The second kappa shape index (κ2) is 10.9. The second-order valence-electron chi connectivity index (χ2n) is 8.99. The van der Waals surface area contributed by atoms with Gasteiger partial charge in [0.15, 0.2) is 0 Å². The predicted molar refractivity (Wildman–Crippen MR) is 147 cm³/mol. The third-order valence-corrected chi connectivity index (χ3v) is 6.88. The highest BCUT2D eigenvalue weighted by Gasteiger charge is 2.34. The van der Waals surface area contributed by atoms with E-state index in [1.807, 2.05) is 89.8 Å². The first kappa shape index (κ1) is 24.0. The molecule has 1 amide bonds. The molecule has 0 aromatic heterocycles. The number of amides is 1. The summed E-state index contributed by atoms with van der Waals surface area (Å²) in [4.78, 5) is 15.5. The molecule has 1 aliphatic heterocycles. The van der Waals surface area contributed by atoms with Crippen LogP contribution in [0.3, 0.4) is 0 Å². The van der Waals surface area contributed by atoms with Crippen molar-refractivity contribution >= 4 is 28.9 Å². The van der Waals surface area contributed by atoms with Crippen molar-refractivity contribution in [1.82, 2.24) is 0 Å². The van der Waals surface area contributed by atoms with E-state index in [1.165, 1.54) is 5.56 Å². The SMILES string of the molecule is CCCCc1ccc(N2C(=O)c3ccccc3N[C@@H]2c2ccc(OCc3ccccc3Cl)cc2)cc1. The molecule has 182 valence electrons. The van der Waals surface area contributed by atoms with Gasteiger partial charge in [0, 0.05) is 22.0 Å². The van der Waals surface area contributed by atoms with Crippen LogP contribution >= 0.6 is 11.6 Å². The third kappa shape index (κ3) is 5.09. The standard InChI is InChI=1S/C31H29ClN2O2/c1-2-3-8-22-13-17-25(18-14-22)34-30(33-29-12-7-5-10-27(29)31(34)35)23-15-19-26(20-16-23)36-21-24-9-4-6-11-28(24)32/h4-7,9-20,30,33H,2-3,8,21H2,1H3/t30-/m0/s1. The zero-order chi connectivity index (χ0) is 24.9. The fraction of sp³-hybridized carbons (Fsp3) is 0.194. The second-order valence-corrected chi connectivity index (χ2v) is 9.39. The molecule has 0 unspecified atom stereocenters. The van der Waals surface area contributed by atoms with Gasteiger partial charge >= 0.3 is 0 Å². The van der Waals surface area contributed by atoms with Crippen LogP contribution in [0.2, 0.25) is 5.02 Å². The van der Waals surface area contributed by atoms with Gasteiger partial charge in [0.05, 0.1) is 5.56 Å². The lowest BCUT2D eigenvalue weighted by Crippen LogP contribution is -2.43. The van der Waals surface area contributed by atoms with E-state index < -0.39 is 0 Å².